The fraction of sp³-hybridized carbons (Fsp3) is 0.824. The van der Waals surface area contributed by atoms with Gasteiger partial charge >= 0.3 is 12.2 Å². The van der Waals surface area contributed by atoms with Crippen molar-refractivity contribution in [3.05, 3.63) is 0 Å². The van der Waals surface area contributed by atoms with E-state index in [9.17, 15) is 19.5 Å². The highest BCUT2D eigenvalue weighted by Gasteiger charge is 2.63. The molecule has 1 heterocycles. The smallest absolute Gasteiger partial charge is 0.381 e. The van der Waals surface area contributed by atoms with Crippen LogP contribution in [-0.4, -0.2) is 53.3 Å². The number of alkyl carbamates (subject to hydrolysis) is 1. The molecule has 0 aromatic carbocycles. The van der Waals surface area contributed by atoms with Crippen LogP contribution in [0.4, 0.5) is 9.59 Å². The zero-order chi connectivity index (χ0) is 18.4. The molecule has 140 valence electrons. The number of nitrogens with one attached hydrogen (secondary N) is 1. The van der Waals surface area contributed by atoms with Gasteiger partial charge in [0.05, 0.1) is 6.04 Å². The second-order valence-corrected chi connectivity index (χ2v) is 8.23. The highest BCUT2D eigenvalue weighted by Crippen LogP contribution is 2.61. The Kier molecular flexibility index (Phi) is 4.66. The normalized spacial score (nSPS) is 29.2. The molecule has 25 heavy (non-hydrogen) atoms. The zero-order valence-corrected chi connectivity index (χ0v) is 14.7. The van der Waals surface area contributed by atoms with Crippen LogP contribution >= 0.6 is 0 Å². The number of amides is 3. The summed E-state index contributed by atoms with van der Waals surface area (Å²) >= 11 is 0. The lowest BCUT2D eigenvalue weighted by atomic mass is 9.80. The van der Waals surface area contributed by atoms with Crippen molar-refractivity contribution in [3.8, 4) is 0 Å². The number of hydrogen-bond donors (Lipinski definition) is 3. The summed E-state index contributed by atoms with van der Waals surface area (Å²) in [5.74, 6) is 0.359. The number of carbonyl (C=O) groups excluding carboxylic acids is 3. The third-order valence-corrected chi connectivity index (χ3v) is 6.35. The number of hydrogen-bond acceptors (Lipinski definition) is 5. The topological polar surface area (TPSA) is 122 Å². The first-order chi connectivity index (χ1) is 11.7. The minimum atomic E-state index is -1.50. The Morgan fingerprint density at radius 3 is 2.36 bits per heavy atom. The number of aliphatic hydroxyl groups excluding tert-OH is 1. The Morgan fingerprint density at radius 1 is 1.28 bits per heavy atom. The number of aliphatic hydroxyl groups is 1. The van der Waals surface area contributed by atoms with E-state index in [0.717, 1.165) is 19.3 Å². The number of nitrogens with zero attached hydrogens (tertiary/aromatic N) is 1. The van der Waals surface area contributed by atoms with Gasteiger partial charge in [-0.1, -0.05) is 33.1 Å². The van der Waals surface area contributed by atoms with E-state index in [2.05, 4.69) is 19.2 Å². The van der Waals surface area contributed by atoms with Gasteiger partial charge in [-0.15, -0.1) is 0 Å². The van der Waals surface area contributed by atoms with E-state index in [4.69, 9.17) is 10.5 Å². The summed E-state index contributed by atoms with van der Waals surface area (Å²) in [6.07, 6.45) is 0.388. The van der Waals surface area contributed by atoms with E-state index in [0.29, 0.717) is 37.3 Å². The van der Waals surface area contributed by atoms with Gasteiger partial charge in [-0.25, -0.2) is 9.59 Å². The number of piperidine rings is 1. The predicted octanol–water partition coefficient (Wildman–Crippen LogP) is 0.825. The average Bonchev–Trinajstić information content (AvgIpc) is 2.88. The molecule has 1 aliphatic heterocycles. The Morgan fingerprint density at radius 2 is 1.88 bits per heavy atom. The third-order valence-electron chi connectivity index (χ3n) is 6.35. The number of carbonyl (C=O) groups is 3. The monoisotopic (exact) mass is 353 g/mol. The second-order valence-electron chi connectivity index (χ2n) is 8.23. The summed E-state index contributed by atoms with van der Waals surface area (Å²) in [4.78, 5) is 36.9. The molecule has 4 N–H and O–H groups in total. The van der Waals surface area contributed by atoms with Crippen LogP contribution in [-0.2, 0) is 9.53 Å². The second kappa shape index (κ2) is 6.48. The van der Waals surface area contributed by atoms with Crippen molar-refractivity contribution >= 4 is 18.1 Å². The molecule has 1 saturated heterocycles. The fourth-order valence-electron chi connectivity index (χ4n) is 4.16. The highest BCUT2D eigenvalue weighted by molar-refractivity contribution is 5.85. The molecule has 0 spiro atoms. The zero-order valence-electron chi connectivity index (χ0n) is 14.7. The summed E-state index contributed by atoms with van der Waals surface area (Å²) in [6.45, 7) is 5.54. The van der Waals surface area contributed by atoms with Crippen molar-refractivity contribution in [1.82, 2.24) is 10.2 Å². The van der Waals surface area contributed by atoms with Gasteiger partial charge in [-0.3, -0.25) is 4.79 Å². The molecule has 2 saturated carbocycles. The summed E-state index contributed by atoms with van der Waals surface area (Å²) in [6, 6.07) is -0.839. The minimum absolute atomic E-state index is 0.262. The largest absolute Gasteiger partial charge is 0.418 e. The van der Waals surface area contributed by atoms with Crippen LogP contribution in [0.15, 0.2) is 0 Å². The van der Waals surface area contributed by atoms with Crippen LogP contribution in [0.3, 0.4) is 0 Å². The van der Waals surface area contributed by atoms with Crippen molar-refractivity contribution in [2.24, 2.45) is 28.9 Å². The van der Waals surface area contributed by atoms with Crippen molar-refractivity contribution in [1.29, 1.82) is 0 Å². The first kappa shape index (κ1) is 18.0. The van der Waals surface area contributed by atoms with Gasteiger partial charge in [0.2, 0.25) is 5.91 Å². The summed E-state index contributed by atoms with van der Waals surface area (Å²) in [5.41, 5.74) is 5.40. The Bertz CT molecular complexity index is 561. The van der Waals surface area contributed by atoms with Gasteiger partial charge in [-0.05, 0) is 29.6 Å². The lowest BCUT2D eigenvalue weighted by Crippen LogP contribution is -2.51. The molecule has 4 atom stereocenters. The Hall–Kier alpha value is -1.83. The first-order valence-corrected chi connectivity index (χ1v) is 8.94. The molecule has 0 radical (unpaired) electrons. The van der Waals surface area contributed by atoms with Crippen LogP contribution < -0.4 is 11.1 Å². The van der Waals surface area contributed by atoms with E-state index in [1.807, 2.05) is 0 Å². The van der Waals surface area contributed by atoms with Crippen LogP contribution in [0.1, 0.15) is 39.5 Å². The van der Waals surface area contributed by atoms with Crippen molar-refractivity contribution in [2.75, 3.05) is 13.1 Å². The first-order valence-electron chi connectivity index (χ1n) is 8.94. The molecule has 3 rings (SSSR count). The number of ether oxygens (including phenoxy) is 1. The van der Waals surface area contributed by atoms with Gasteiger partial charge in [0.1, 0.15) is 0 Å². The number of rotatable bonds is 5. The standard InChI is InChI=1S/C17H27N3O5/c1-17(2)10-7-20(8-11(10)17)16(24)25-15(23)19-12(13(21)14(18)22)6-9-4-3-5-9/h9-13,21H,3-8H2,1-2H3,(H2,18,22)(H,19,23). The molecular weight excluding hydrogens is 326 g/mol. The third kappa shape index (κ3) is 3.58. The van der Waals surface area contributed by atoms with Crippen molar-refractivity contribution < 1.29 is 24.2 Å². The number of nitrogens with two attached hydrogens (primary N) is 1. The maximum absolute atomic E-state index is 12.1. The van der Waals surface area contributed by atoms with Gasteiger partial charge in [-0.2, -0.15) is 0 Å². The quantitative estimate of drug-likeness (QED) is 0.632. The molecular formula is C17H27N3O5. The van der Waals surface area contributed by atoms with Crippen LogP contribution in [0.2, 0.25) is 0 Å². The predicted molar refractivity (Wildman–Crippen MR) is 88.3 cm³/mol. The molecule has 4 unspecified atom stereocenters. The summed E-state index contributed by atoms with van der Waals surface area (Å²) < 4.78 is 4.84. The average molecular weight is 353 g/mol. The molecule has 3 fully saturated rings. The van der Waals surface area contributed by atoms with Crippen LogP contribution in [0.5, 0.6) is 0 Å². The maximum Gasteiger partial charge on any atom is 0.418 e. The van der Waals surface area contributed by atoms with E-state index in [-0.39, 0.29) is 5.41 Å². The molecule has 2 aliphatic carbocycles. The molecule has 0 aromatic heterocycles. The lowest BCUT2D eigenvalue weighted by Gasteiger charge is -2.31. The molecule has 0 aromatic rings. The van der Waals surface area contributed by atoms with Crippen molar-refractivity contribution in [3.63, 3.8) is 0 Å². The van der Waals surface area contributed by atoms with Crippen LogP contribution in [0, 0.1) is 23.2 Å². The summed E-state index contributed by atoms with van der Waals surface area (Å²) in [7, 11) is 0. The Balaban J connectivity index is 1.49. The van der Waals surface area contributed by atoms with E-state index in [1.54, 1.807) is 0 Å². The minimum Gasteiger partial charge on any atom is -0.381 e. The van der Waals surface area contributed by atoms with E-state index < -0.39 is 30.2 Å². The molecule has 8 heteroatoms. The van der Waals surface area contributed by atoms with Crippen molar-refractivity contribution in [2.45, 2.75) is 51.7 Å². The van der Waals surface area contributed by atoms with Gasteiger partial charge in [0, 0.05) is 13.1 Å². The lowest BCUT2D eigenvalue weighted by molar-refractivity contribution is -0.127. The SMILES string of the molecule is CC1(C)C2CN(C(=O)OC(=O)NC(CC3CCC3)C(O)C(N)=O)CC21. The molecule has 8 nitrogen and oxygen atoms in total. The maximum atomic E-state index is 12.1. The number of likely N-dealkylation sites (tertiary alicyclic amines) is 1. The van der Waals surface area contributed by atoms with Gasteiger partial charge in [0.25, 0.3) is 0 Å². The number of primary amides is 1. The molecule has 3 amide bonds. The highest BCUT2D eigenvalue weighted by atomic mass is 16.6. The summed E-state index contributed by atoms with van der Waals surface area (Å²) in [5, 5.41) is 12.3. The van der Waals surface area contributed by atoms with E-state index in [1.165, 1.54) is 4.90 Å². The van der Waals surface area contributed by atoms with Gasteiger partial charge < -0.3 is 25.8 Å². The number of fused-ring (bicyclic) bond motifs is 1. The van der Waals surface area contributed by atoms with E-state index >= 15 is 0 Å². The van der Waals surface area contributed by atoms with Gasteiger partial charge in [0.15, 0.2) is 6.10 Å². The van der Waals surface area contributed by atoms with Crippen LogP contribution in [0.25, 0.3) is 0 Å². The Labute approximate surface area is 147 Å². The fourth-order valence-corrected chi connectivity index (χ4v) is 4.16. The molecule has 3 aliphatic rings. The molecule has 0 bridgehead atoms.